The second-order valence-corrected chi connectivity index (χ2v) is 4.53. The Balaban J connectivity index is 2.78. The molecule has 0 heterocycles. The minimum absolute atomic E-state index is 0.103. The summed E-state index contributed by atoms with van der Waals surface area (Å²) in [4.78, 5) is 11.6. The van der Waals surface area contributed by atoms with Gasteiger partial charge >= 0.3 is 6.03 Å². The Morgan fingerprint density at radius 2 is 2.12 bits per heavy atom. The van der Waals surface area contributed by atoms with E-state index in [0.29, 0.717) is 10.7 Å². The van der Waals surface area contributed by atoms with Gasteiger partial charge in [-0.2, -0.15) is 0 Å². The van der Waals surface area contributed by atoms with Gasteiger partial charge in [-0.05, 0) is 38.0 Å². The predicted molar refractivity (Wildman–Crippen MR) is 69.6 cm³/mol. The van der Waals surface area contributed by atoms with Crippen LogP contribution in [-0.2, 0) is 0 Å². The van der Waals surface area contributed by atoms with Gasteiger partial charge in [0, 0.05) is 0 Å². The van der Waals surface area contributed by atoms with E-state index in [4.69, 9.17) is 16.7 Å². The van der Waals surface area contributed by atoms with Crippen LogP contribution in [0.1, 0.15) is 18.1 Å². The molecule has 0 aromatic heterocycles. The van der Waals surface area contributed by atoms with Gasteiger partial charge in [-0.3, -0.25) is 0 Å². The molecule has 0 spiro atoms. The number of benzene rings is 1. The number of amides is 2. The van der Waals surface area contributed by atoms with Gasteiger partial charge < -0.3 is 15.7 Å². The van der Waals surface area contributed by atoms with E-state index in [-0.39, 0.29) is 18.7 Å². The summed E-state index contributed by atoms with van der Waals surface area (Å²) in [6.45, 7) is 5.43. The molecule has 0 aliphatic carbocycles. The molecule has 17 heavy (non-hydrogen) atoms. The molecule has 0 bridgehead atoms. The van der Waals surface area contributed by atoms with E-state index in [1.54, 1.807) is 13.0 Å². The summed E-state index contributed by atoms with van der Waals surface area (Å²) in [7, 11) is 0. The van der Waals surface area contributed by atoms with Crippen molar-refractivity contribution in [1.29, 1.82) is 0 Å². The molecule has 1 atom stereocenters. The molecular weight excluding hydrogens is 240 g/mol. The summed E-state index contributed by atoms with van der Waals surface area (Å²) >= 11 is 6.06. The lowest BCUT2D eigenvalue weighted by Gasteiger charge is -2.15. The summed E-state index contributed by atoms with van der Waals surface area (Å²) in [6.07, 6.45) is 0. The van der Waals surface area contributed by atoms with Crippen molar-refractivity contribution >= 4 is 23.3 Å². The molecule has 0 radical (unpaired) electrons. The number of halogens is 1. The fourth-order valence-corrected chi connectivity index (χ4v) is 1.86. The number of aryl methyl sites for hydroxylation is 2. The summed E-state index contributed by atoms with van der Waals surface area (Å²) in [5.41, 5.74) is 2.55. The van der Waals surface area contributed by atoms with Crippen LogP contribution < -0.4 is 10.6 Å². The fraction of sp³-hybridized carbons (Fsp3) is 0.417. The summed E-state index contributed by atoms with van der Waals surface area (Å²) in [5.74, 6) is 0. The standard InChI is InChI=1S/C12H17ClN2O2/c1-7-4-8(2)11(10(13)5-7)15-12(17)14-9(3)6-16/h4-5,9,16H,6H2,1-3H3,(H2,14,15,17)/t9-/m1/s1. The first-order valence-corrected chi connectivity index (χ1v) is 5.77. The number of anilines is 1. The van der Waals surface area contributed by atoms with E-state index in [9.17, 15) is 4.79 Å². The Labute approximate surface area is 106 Å². The Bertz CT molecular complexity index is 398. The smallest absolute Gasteiger partial charge is 0.319 e. The van der Waals surface area contributed by atoms with Gasteiger partial charge in [0.1, 0.15) is 0 Å². The number of carbonyl (C=O) groups is 1. The quantitative estimate of drug-likeness (QED) is 0.778. The lowest BCUT2D eigenvalue weighted by Crippen LogP contribution is -2.38. The molecule has 1 rings (SSSR count). The lowest BCUT2D eigenvalue weighted by molar-refractivity contribution is 0.229. The number of aliphatic hydroxyl groups excluding tert-OH is 1. The second kappa shape index (κ2) is 5.89. The van der Waals surface area contributed by atoms with E-state index in [1.807, 2.05) is 19.9 Å². The van der Waals surface area contributed by atoms with Crippen molar-refractivity contribution in [3.8, 4) is 0 Å². The van der Waals surface area contributed by atoms with Crippen molar-refractivity contribution in [2.45, 2.75) is 26.8 Å². The zero-order chi connectivity index (χ0) is 13.0. The molecule has 5 heteroatoms. The van der Waals surface area contributed by atoms with Crippen LogP contribution in [0.5, 0.6) is 0 Å². The Morgan fingerprint density at radius 1 is 1.47 bits per heavy atom. The third-order valence-corrected chi connectivity index (χ3v) is 2.62. The summed E-state index contributed by atoms with van der Waals surface area (Å²) in [6, 6.07) is 3.07. The maximum absolute atomic E-state index is 11.6. The molecule has 1 aromatic carbocycles. The Hall–Kier alpha value is -1.26. The third kappa shape index (κ3) is 3.91. The average Bonchev–Trinajstić information content (AvgIpc) is 2.23. The lowest BCUT2D eigenvalue weighted by atomic mass is 10.1. The van der Waals surface area contributed by atoms with Crippen LogP contribution in [-0.4, -0.2) is 23.8 Å². The highest BCUT2D eigenvalue weighted by Gasteiger charge is 2.10. The number of rotatable bonds is 3. The van der Waals surface area contributed by atoms with Crippen molar-refractivity contribution in [3.05, 3.63) is 28.3 Å². The monoisotopic (exact) mass is 256 g/mol. The molecule has 0 unspecified atom stereocenters. The van der Waals surface area contributed by atoms with Crippen molar-refractivity contribution in [1.82, 2.24) is 5.32 Å². The number of nitrogens with one attached hydrogen (secondary N) is 2. The molecule has 0 saturated heterocycles. The predicted octanol–water partition coefficient (Wildman–Crippen LogP) is 2.46. The number of urea groups is 1. The van der Waals surface area contributed by atoms with E-state index < -0.39 is 0 Å². The van der Waals surface area contributed by atoms with E-state index in [0.717, 1.165) is 11.1 Å². The van der Waals surface area contributed by atoms with Gasteiger partial charge in [-0.25, -0.2) is 4.79 Å². The van der Waals surface area contributed by atoms with Gasteiger partial charge in [0.25, 0.3) is 0 Å². The van der Waals surface area contributed by atoms with E-state index in [2.05, 4.69) is 10.6 Å². The van der Waals surface area contributed by atoms with Crippen LogP contribution in [0, 0.1) is 13.8 Å². The van der Waals surface area contributed by atoms with Crippen LogP contribution >= 0.6 is 11.6 Å². The Morgan fingerprint density at radius 3 is 2.65 bits per heavy atom. The molecule has 0 saturated carbocycles. The van der Waals surface area contributed by atoms with Gasteiger partial charge in [0.2, 0.25) is 0 Å². The molecular formula is C12H17ClN2O2. The molecule has 2 amide bonds. The highest BCUT2D eigenvalue weighted by molar-refractivity contribution is 6.34. The zero-order valence-electron chi connectivity index (χ0n) is 10.2. The molecule has 0 aliphatic rings. The normalized spacial score (nSPS) is 12.1. The van der Waals surface area contributed by atoms with Gasteiger partial charge in [-0.15, -0.1) is 0 Å². The highest BCUT2D eigenvalue weighted by atomic mass is 35.5. The van der Waals surface area contributed by atoms with Crippen molar-refractivity contribution in [3.63, 3.8) is 0 Å². The highest BCUT2D eigenvalue weighted by Crippen LogP contribution is 2.27. The maximum Gasteiger partial charge on any atom is 0.319 e. The summed E-state index contributed by atoms with van der Waals surface area (Å²) < 4.78 is 0. The molecule has 3 N–H and O–H groups in total. The SMILES string of the molecule is Cc1cc(C)c(NC(=O)N[C@H](C)CO)c(Cl)c1. The largest absolute Gasteiger partial charge is 0.394 e. The average molecular weight is 257 g/mol. The Kier molecular flexibility index (Phi) is 4.78. The summed E-state index contributed by atoms with van der Waals surface area (Å²) in [5, 5.41) is 14.6. The number of carbonyl (C=O) groups excluding carboxylic acids is 1. The van der Waals surface area contributed by atoms with Crippen LogP contribution in [0.2, 0.25) is 5.02 Å². The topological polar surface area (TPSA) is 61.4 Å². The minimum Gasteiger partial charge on any atom is -0.394 e. The zero-order valence-corrected chi connectivity index (χ0v) is 10.9. The number of hydrogen-bond acceptors (Lipinski definition) is 2. The fourth-order valence-electron chi connectivity index (χ4n) is 1.49. The van der Waals surface area contributed by atoms with Gasteiger partial charge in [0.15, 0.2) is 0 Å². The third-order valence-electron chi connectivity index (χ3n) is 2.32. The molecule has 0 aliphatic heterocycles. The van der Waals surface area contributed by atoms with Crippen molar-refractivity contribution in [2.75, 3.05) is 11.9 Å². The molecule has 0 fully saturated rings. The molecule has 94 valence electrons. The maximum atomic E-state index is 11.6. The van der Waals surface area contributed by atoms with Crippen molar-refractivity contribution in [2.24, 2.45) is 0 Å². The van der Waals surface area contributed by atoms with Crippen LogP contribution in [0.4, 0.5) is 10.5 Å². The number of hydrogen-bond donors (Lipinski definition) is 3. The van der Waals surface area contributed by atoms with Crippen LogP contribution in [0.15, 0.2) is 12.1 Å². The molecule has 1 aromatic rings. The number of aliphatic hydroxyl groups is 1. The first-order chi connectivity index (χ1) is 7.93. The minimum atomic E-state index is -0.375. The van der Waals surface area contributed by atoms with Crippen LogP contribution in [0.3, 0.4) is 0 Å². The molecule has 4 nitrogen and oxygen atoms in total. The van der Waals surface area contributed by atoms with E-state index in [1.165, 1.54) is 0 Å². The van der Waals surface area contributed by atoms with E-state index >= 15 is 0 Å². The second-order valence-electron chi connectivity index (χ2n) is 4.12. The van der Waals surface area contributed by atoms with Crippen LogP contribution in [0.25, 0.3) is 0 Å². The van der Waals surface area contributed by atoms with Gasteiger partial charge in [0.05, 0.1) is 23.4 Å². The van der Waals surface area contributed by atoms with Gasteiger partial charge in [-0.1, -0.05) is 17.7 Å². The first kappa shape index (κ1) is 13.8. The van der Waals surface area contributed by atoms with Crippen molar-refractivity contribution < 1.29 is 9.90 Å². The first-order valence-electron chi connectivity index (χ1n) is 5.39.